The van der Waals surface area contributed by atoms with Crippen LogP contribution in [0.25, 0.3) is 11.5 Å². The molecule has 0 radical (unpaired) electrons. The summed E-state index contributed by atoms with van der Waals surface area (Å²) in [5, 5.41) is 4.13. The molecule has 0 N–H and O–H groups in total. The van der Waals surface area contributed by atoms with E-state index in [0.29, 0.717) is 41.9 Å². The van der Waals surface area contributed by atoms with E-state index in [1.54, 1.807) is 25.2 Å². The molecular formula is C22H23N3O4. The van der Waals surface area contributed by atoms with Crippen LogP contribution in [-0.2, 0) is 11.2 Å². The topological polar surface area (TPSA) is 77.7 Å². The Labute approximate surface area is 169 Å². The van der Waals surface area contributed by atoms with Gasteiger partial charge in [0.2, 0.25) is 5.91 Å². The molecule has 1 fully saturated rings. The second-order valence-corrected chi connectivity index (χ2v) is 6.95. The van der Waals surface area contributed by atoms with E-state index in [1.165, 1.54) is 5.56 Å². The van der Waals surface area contributed by atoms with Crippen molar-refractivity contribution in [2.24, 2.45) is 0 Å². The molecule has 2 heterocycles. The minimum atomic E-state index is -0.137. The van der Waals surface area contributed by atoms with Crippen LogP contribution in [0.1, 0.15) is 30.7 Å². The molecule has 0 saturated carbocycles. The molecule has 7 heteroatoms. The quantitative estimate of drug-likeness (QED) is 0.633. The number of rotatable bonds is 6. The predicted octanol–water partition coefficient (Wildman–Crippen LogP) is 3.84. The first kappa shape index (κ1) is 19.0. The predicted molar refractivity (Wildman–Crippen MR) is 108 cm³/mol. The monoisotopic (exact) mass is 393 g/mol. The number of anilines is 1. The SMILES string of the molecule is CCc1ccc(-c2nc(C3CC(=O)N(c4ccc(OC)cc4OC)C3)no2)cc1. The van der Waals surface area contributed by atoms with Crippen LogP contribution in [0.15, 0.2) is 47.0 Å². The van der Waals surface area contributed by atoms with Crippen LogP contribution in [-0.4, -0.2) is 36.8 Å². The molecule has 0 spiro atoms. The van der Waals surface area contributed by atoms with Crippen LogP contribution in [0, 0.1) is 0 Å². The number of hydrogen-bond acceptors (Lipinski definition) is 6. The maximum absolute atomic E-state index is 12.7. The maximum Gasteiger partial charge on any atom is 0.257 e. The van der Waals surface area contributed by atoms with Crippen molar-refractivity contribution in [1.29, 1.82) is 0 Å². The Hall–Kier alpha value is -3.35. The Morgan fingerprint density at radius 1 is 1.14 bits per heavy atom. The van der Waals surface area contributed by atoms with E-state index in [4.69, 9.17) is 14.0 Å². The maximum atomic E-state index is 12.7. The summed E-state index contributed by atoms with van der Waals surface area (Å²) >= 11 is 0. The molecule has 2 aromatic carbocycles. The molecule has 3 aromatic rings. The summed E-state index contributed by atoms with van der Waals surface area (Å²) in [6, 6.07) is 13.5. The molecule has 0 aliphatic carbocycles. The molecule has 7 nitrogen and oxygen atoms in total. The summed E-state index contributed by atoms with van der Waals surface area (Å²) in [6.07, 6.45) is 1.30. The van der Waals surface area contributed by atoms with Gasteiger partial charge in [-0.25, -0.2) is 0 Å². The minimum absolute atomic E-state index is 0.00267. The van der Waals surface area contributed by atoms with Crippen molar-refractivity contribution >= 4 is 11.6 Å². The van der Waals surface area contributed by atoms with Crippen molar-refractivity contribution in [1.82, 2.24) is 10.1 Å². The third-order valence-electron chi connectivity index (χ3n) is 5.22. The van der Waals surface area contributed by atoms with Gasteiger partial charge in [-0.3, -0.25) is 4.79 Å². The normalized spacial score (nSPS) is 16.3. The fourth-order valence-electron chi connectivity index (χ4n) is 3.52. The van der Waals surface area contributed by atoms with Crippen LogP contribution in [0.2, 0.25) is 0 Å². The number of carbonyl (C=O) groups excluding carboxylic acids is 1. The van der Waals surface area contributed by atoms with Crippen molar-refractivity contribution in [3.63, 3.8) is 0 Å². The van der Waals surface area contributed by atoms with E-state index in [1.807, 2.05) is 24.3 Å². The number of methoxy groups -OCH3 is 2. The Morgan fingerprint density at radius 3 is 2.62 bits per heavy atom. The molecule has 1 aromatic heterocycles. The number of nitrogens with zero attached hydrogens (tertiary/aromatic N) is 3. The summed E-state index contributed by atoms with van der Waals surface area (Å²) < 4.78 is 16.1. The Morgan fingerprint density at radius 2 is 1.93 bits per heavy atom. The molecule has 150 valence electrons. The molecule has 1 aliphatic heterocycles. The lowest BCUT2D eigenvalue weighted by molar-refractivity contribution is -0.117. The number of carbonyl (C=O) groups is 1. The van der Waals surface area contributed by atoms with Gasteiger partial charge in [0, 0.05) is 30.5 Å². The second kappa shape index (κ2) is 7.95. The highest BCUT2D eigenvalue weighted by Crippen LogP contribution is 2.38. The lowest BCUT2D eigenvalue weighted by atomic mass is 10.1. The number of amides is 1. The van der Waals surface area contributed by atoms with Crippen LogP contribution in [0.3, 0.4) is 0 Å². The van der Waals surface area contributed by atoms with Gasteiger partial charge < -0.3 is 18.9 Å². The third-order valence-corrected chi connectivity index (χ3v) is 5.22. The van der Waals surface area contributed by atoms with Gasteiger partial charge in [-0.2, -0.15) is 4.98 Å². The van der Waals surface area contributed by atoms with Gasteiger partial charge in [0.1, 0.15) is 11.5 Å². The molecule has 1 aliphatic rings. The molecule has 1 atom stereocenters. The molecule has 1 unspecified atom stereocenters. The van der Waals surface area contributed by atoms with Crippen LogP contribution >= 0.6 is 0 Å². The summed E-state index contributed by atoms with van der Waals surface area (Å²) in [4.78, 5) is 18.9. The standard InChI is InChI=1S/C22H23N3O4/c1-4-14-5-7-15(8-6-14)22-23-21(24-29-22)16-11-20(26)25(13-16)18-10-9-17(27-2)12-19(18)28-3/h5-10,12,16H,4,11,13H2,1-3H3. The summed E-state index contributed by atoms with van der Waals surface area (Å²) in [7, 11) is 3.17. The highest BCUT2D eigenvalue weighted by atomic mass is 16.5. The van der Waals surface area contributed by atoms with Gasteiger partial charge in [0.25, 0.3) is 5.89 Å². The van der Waals surface area contributed by atoms with Crippen LogP contribution in [0.5, 0.6) is 11.5 Å². The molecule has 1 amide bonds. The fourth-order valence-corrected chi connectivity index (χ4v) is 3.52. The fraction of sp³-hybridized carbons (Fsp3) is 0.318. The Kier molecular flexibility index (Phi) is 5.20. The lowest BCUT2D eigenvalue weighted by Gasteiger charge is -2.19. The van der Waals surface area contributed by atoms with E-state index in [0.717, 1.165) is 12.0 Å². The first-order chi connectivity index (χ1) is 14.1. The van der Waals surface area contributed by atoms with E-state index < -0.39 is 0 Å². The number of aromatic nitrogens is 2. The van der Waals surface area contributed by atoms with Crippen molar-refractivity contribution in [3.8, 4) is 23.0 Å². The average Bonchev–Trinajstić information content (AvgIpc) is 3.40. The van der Waals surface area contributed by atoms with E-state index >= 15 is 0 Å². The Balaban J connectivity index is 1.55. The van der Waals surface area contributed by atoms with E-state index in [9.17, 15) is 4.79 Å². The highest BCUT2D eigenvalue weighted by molar-refractivity contribution is 5.97. The van der Waals surface area contributed by atoms with Crippen molar-refractivity contribution in [2.75, 3.05) is 25.7 Å². The number of aryl methyl sites for hydroxylation is 1. The van der Waals surface area contributed by atoms with Crippen molar-refractivity contribution in [2.45, 2.75) is 25.7 Å². The van der Waals surface area contributed by atoms with Gasteiger partial charge in [-0.15, -0.1) is 0 Å². The van der Waals surface area contributed by atoms with Gasteiger partial charge in [-0.05, 0) is 36.2 Å². The van der Waals surface area contributed by atoms with Gasteiger partial charge in [-0.1, -0.05) is 24.2 Å². The largest absolute Gasteiger partial charge is 0.497 e. The first-order valence-corrected chi connectivity index (χ1v) is 9.58. The summed E-state index contributed by atoms with van der Waals surface area (Å²) in [5.41, 5.74) is 2.83. The summed E-state index contributed by atoms with van der Waals surface area (Å²) in [5.74, 6) is 2.13. The molecule has 29 heavy (non-hydrogen) atoms. The number of hydrogen-bond donors (Lipinski definition) is 0. The zero-order valence-corrected chi connectivity index (χ0v) is 16.7. The smallest absolute Gasteiger partial charge is 0.257 e. The molecule has 0 bridgehead atoms. The van der Waals surface area contributed by atoms with Gasteiger partial charge in [0.05, 0.1) is 19.9 Å². The van der Waals surface area contributed by atoms with Crippen molar-refractivity contribution in [3.05, 3.63) is 53.9 Å². The zero-order chi connectivity index (χ0) is 20.4. The summed E-state index contributed by atoms with van der Waals surface area (Å²) in [6.45, 7) is 2.58. The minimum Gasteiger partial charge on any atom is -0.497 e. The van der Waals surface area contributed by atoms with E-state index in [-0.39, 0.29) is 11.8 Å². The molecule has 1 saturated heterocycles. The van der Waals surface area contributed by atoms with Crippen molar-refractivity contribution < 1.29 is 18.8 Å². The number of ether oxygens (including phenoxy) is 2. The van der Waals surface area contributed by atoms with Gasteiger partial charge >= 0.3 is 0 Å². The zero-order valence-electron chi connectivity index (χ0n) is 16.7. The Bertz CT molecular complexity index is 1010. The average molecular weight is 393 g/mol. The van der Waals surface area contributed by atoms with Crippen LogP contribution in [0.4, 0.5) is 5.69 Å². The second-order valence-electron chi connectivity index (χ2n) is 6.95. The molecule has 4 rings (SSSR count). The van der Waals surface area contributed by atoms with Gasteiger partial charge in [0.15, 0.2) is 5.82 Å². The molecular weight excluding hydrogens is 370 g/mol. The van der Waals surface area contributed by atoms with E-state index in [2.05, 4.69) is 29.2 Å². The lowest BCUT2D eigenvalue weighted by Crippen LogP contribution is -2.24. The van der Waals surface area contributed by atoms with Crippen LogP contribution < -0.4 is 14.4 Å². The number of benzene rings is 2. The third kappa shape index (κ3) is 3.68. The first-order valence-electron chi connectivity index (χ1n) is 9.58. The highest BCUT2D eigenvalue weighted by Gasteiger charge is 2.36.